The SMILES string of the molecule is COCc1ccc(C(=O)NC2CCN(c3ccccc3)CC2)o1. The van der Waals surface area contributed by atoms with E-state index in [4.69, 9.17) is 9.15 Å². The molecule has 1 aromatic carbocycles. The molecule has 0 aliphatic carbocycles. The summed E-state index contributed by atoms with van der Waals surface area (Å²) >= 11 is 0. The van der Waals surface area contributed by atoms with E-state index in [2.05, 4.69) is 34.5 Å². The second-order valence-corrected chi connectivity index (χ2v) is 5.77. The predicted molar refractivity (Wildman–Crippen MR) is 88.6 cm³/mol. The first-order valence-corrected chi connectivity index (χ1v) is 7.95. The number of methoxy groups -OCH3 is 1. The third-order valence-corrected chi connectivity index (χ3v) is 4.12. The summed E-state index contributed by atoms with van der Waals surface area (Å²) < 4.78 is 10.5. The number of nitrogens with zero attached hydrogens (tertiary/aromatic N) is 1. The van der Waals surface area contributed by atoms with E-state index >= 15 is 0 Å². The highest BCUT2D eigenvalue weighted by atomic mass is 16.5. The lowest BCUT2D eigenvalue weighted by Crippen LogP contribution is -2.44. The fraction of sp³-hybridized carbons (Fsp3) is 0.389. The van der Waals surface area contributed by atoms with Crippen LogP contribution in [0.3, 0.4) is 0 Å². The maximum absolute atomic E-state index is 12.2. The monoisotopic (exact) mass is 314 g/mol. The average Bonchev–Trinajstić information content (AvgIpc) is 3.06. The van der Waals surface area contributed by atoms with Gasteiger partial charge in [-0.3, -0.25) is 4.79 Å². The molecule has 23 heavy (non-hydrogen) atoms. The van der Waals surface area contributed by atoms with Crippen LogP contribution in [0.2, 0.25) is 0 Å². The van der Waals surface area contributed by atoms with Gasteiger partial charge < -0.3 is 19.4 Å². The minimum absolute atomic E-state index is 0.148. The number of piperidine rings is 1. The number of carbonyl (C=O) groups is 1. The van der Waals surface area contributed by atoms with E-state index < -0.39 is 0 Å². The van der Waals surface area contributed by atoms with Gasteiger partial charge in [0, 0.05) is 31.9 Å². The molecule has 0 bridgehead atoms. The van der Waals surface area contributed by atoms with Gasteiger partial charge in [0.05, 0.1) is 0 Å². The zero-order valence-electron chi connectivity index (χ0n) is 13.3. The van der Waals surface area contributed by atoms with Crippen molar-refractivity contribution in [3.8, 4) is 0 Å². The number of carbonyl (C=O) groups excluding carboxylic acids is 1. The summed E-state index contributed by atoms with van der Waals surface area (Å²) in [6.45, 7) is 2.27. The molecular weight excluding hydrogens is 292 g/mol. The smallest absolute Gasteiger partial charge is 0.287 e. The van der Waals surface area contributed by atoms with Gasteiger partial charge in [-0.15, -0.1) is 0 Å². The highest BCUT2D eigenvalue weighted by Gasteiger charge is 2.22. The van der Waals surface area contributed by atoms with Crippen molar-refractivity contribution >= 4 is 11.6 Å². The summed E-state index contributed by atoms with van der Waals surface area (Å²) in [6, 6.07) is 14.0. The van der Waals surface area contributed by atoms with Gasteiger partial charge in [-0.25, -0.2) is 0 Å². The van der Waals surface area contributed by atoms with Gasteiger partial charge in [0.1, 0.15) is 12.4 Å². The second-order valence-electron chi connectivity index (χ2n) is 5.77. The van der Waals surface area contributed by atoms with Crippen molar-refractivity contribution in [2.45, 2.75) is 25.5 Å². The molecule has 0 radical (unpaired) electrons. The third kappa shape index (κ3) is 3.93. The van der Waals surface area contributed by atoms with E-state index in [1.165, 1.54) is 5.69 Å². The van der Waals surface area contributed by atoms with Crippen LogP contribution in [0.1, 0.15) is 29.2 Å². The van der Waals surface area contributed by atoms with E-state index in [9.17, 15) is 4.79 Å². The molecule has 2 aromatic rings. The number of nitrogens with one attached hydrogen (secondary N) is 1. The molecule has 3 rings (SSSR count). The Labute approximate surface area is 136 Å². The summed E-state index contributed by atoms with van der Waals surface area (Å²) in [4.78, 5) is 14.6. The van der Waals surface area contributed by atoms with Crippen molar-refractivity contribution in [1.82, 2.24) is 5.32 Å². The van der Waals surface area contributed by atoms with Crippen LogP contribution in [0.15, 0.2) is 46.9 Å². The molecule has 0 spiro atoms. The molecule has 1 N–H and O–H groups in total. The predicted octanol–water partition coefficient (Wildman–Crippen LogP) is 2.82. The summed E-state index contributed by atoms with van der Waals surface area (Å²) in [5.41, 5.74) is 1.24. The van der Waals surface area contributed by atoms with Gasteiger partial charge in [0.25, 0.3) is 5.91 Å². The van der Waals surface area contributed by atoms with Crippen LogP contribution in [0, 0.1) is 0 Å². The van der Waals surface area contributed by atoms with Crippen LogP contribution in [-0.2, 0) is 11.3 Å². The Hall–Kier alpha value is -2.27. The van der Waals surface area contributed by atoms with Gasteiger partial charge >= 0.3 is 0 Å². The number of anilines is 1. The summed E-state index contributed by atoms with van der Waals surface area (Å²) in [5.74, 6) is 0.865. The molecule has 2 heterocycles. The summed E-state index contributed by atoms with van der Waals surface area (Å²) in [7, 11) is 1.60. The van der Waals surface area contributed by atoms with E-state index in [1.54, 1.807) is 19.2 Å². The quantitative estimate of drug-likeness (QED) is 0.922. The van der Waals surface area contributed by atoms with Gasteiger partial charge in [-0.1, -0.05) is 18.2 Å². The Bertz CT molecular complexity index is 631. The molecule has 0 atom stereocenters. The Morgan fingerprint density at radius 1 is 1.22 bits per heavy atom. The highest BCUT2D eigenvalue weighted by Crippen LogP contribution is 2.20. The van der Waals surface area contributed by atoms with E-state index in [0.717, 1.165) is 25.9 Å². The van der Waals surface area contributed by atoms with Crippen molar-refractivity contribution in [2.75, 3.05) is 25.1 Å². The fourth-order valence-corrected chi connectivity index (χ4v) is 2.90. The summed E-state index contributed by atoms with van der Waals surface area (Å²) in [6.07, 6.45) is 1.87. The molecule has 5 heteroatoms. The molecule has 1 fully saturated rings. The third-order valence-electron chi connectivity index (χ3n) is 4.12. The zero-order chi connectivity index (χ0) is 16.1. The fourth-order valence-electron chi connectivity index (χ4n) is 2.90. The van der Waals surface area contributed by atoms with Gasteiger partial charge in [-0.05, 0) is 37.1 Å². The van der Waals surface area contributed by atoms with Gasteiger partial charge in [0.15, 0.2) is 5.76 Å². The Kier molecular flexibility index (Phi) is 4.98. The molecule has 5 nitrogen and oxygen atoms in total. The first kappa shape index (κ1) is 15.6. The van der Waals surface area contributed by atoms with E-state index in [-0.39, 0.29) is 11.9 Å². The van der Waals surface area contributed by atoms with Crippen LogP contribution >= 0.6 is 0 Å². The van der Waals surface area contributed by atoms with Crippen molar-refractivity contribution in [3.63, 3.8) is 0 Å². The lowest BCUT2D eigenvalue weighted by molar-refractivity contribution is 0.0894. The molecular formula is C18H22N2O3. The van der Waals surface area contributed by atoms with Gasteiger partial charge in [0.2, 0.25) is 0 Å². The molecule has 1 aromatic heterocycles. The number of hydrogen-bond acceptors (Lipinski definition) is 4. The minimum Gasteiger partial charge on any atom is -0.453 e. The Balaban J connectivity index is 1.51. The largest absolute Gasteiger partial charge is 0.453 e. The number of furan rings is 1. The first-order valence-electron chi connectivity index (χ1n) is 7.95. The number of rotatable bonds is 5. The zero-order valence-corrected chi connectivity index (χ0v) is 13.3. The van der Waals surface area contributed by atoms with Crippen LogP contribution in [-0.4, -0.2) is 32.1 Å². The minimum atomic E-state index is -0.148. The lowest BCUT2D eigenvalue weighted by Gasteiger charge is -2.33. The van der Waals surface area contributed by atoms with Crippen LogP contribution in [0.4, 0.5) is 5.69 Å². The highest BCUT2D eigenvalue weighted by molar-refractivity contribution is 5.91. The van der Waals surface area contributed by atoms with E-state index in [1.807, 2.05) is 6.07 Å². The number of ether oxygens (including phenoxy) is 1. The molecule has 122 valence electrons. The lowest BCUT2D eigenvalue weighted by atomic mass is 10.0. The van der Waals surface area contributed by atoms with Gasteiger partial charge in [-0.2, -0.15) is 0 Å². The average molecular weight is 314 g/mol. The van der Waals surface area contributed by atoms with Crippen molar-refractivity contribution in [1.29, 1.82) is 0 Å². The molecule has 0 saturated carbocycles. The van der Waals surface area contributed by atoms with E-state index in [0.29, 0.717) is 18.1 Å². The van der Waals surface area contributed by atoms with Crippen molar-refractivity contribution < 1.29 is 13.9 Å². The maximum atomic E-state index is 12.2. The standard InChI is InChI=1S/C18H22N2O3/c1-22-13-16-7-8-17(23-16)18(21)19-14-9-11-20(12-10-14)15-5-3-2-4-6-15/h2-8,14H,9-13H2,1H3,(H,19,21). The van der Waals surface area contributed by atoms with Crippen LogP contribution < -0.4 is 10.2 Å². The molecule has 0 unspecified atom stereocenters. The van der Waals surface area contributed by atoms with Crippen LogP contribution in [0.5, 0.6) is 0 Å². The molecule has 1 aliphatic rings. The number of hydrogen-bond donors (Lipinski definition) is 1. The Morgan fingerprint density at radius 2 is 1.96 bits per heavy atom. The number of amides is 1. The molecule has 1 saturated heterocycles. The van der Waals surface area contributed by atoms with Crippen LogP contribution in [0.25, 0.3) is 0 Å². The first-order chi connectivity index (χ1) is 11.3. The normalized spacial score (nSPS) is 15.6. The second kappa shape index (κ2) is 7.33. The number of benzene rings is 1. The maximum Gasteiger partial charge on any atom is 0.287 e. The molecule has 1 aliphatic heterocycles. The van der Waals surface area contributed by atoms with Crippen molar-refractivity contribution in [2.24, 2.45) is 0 Å². The summed E-state index contributed by atoms with van der Waals surface area (Å²) in [5, 5.41) is 3.06. The molecule has 1 amide bonds. The number of para-hydroxylation sites is 1. The topological polar surface area (TPSA) is 54.7 Å². The van der Waals surface area contributed by atoms with Crippen molar-refractivity contribution in [3.05, 3.63) is 54.0 Å². The Morgan fingerprint density at radius 3 is 2.65 bits per heavy atom.